The van der Waals surface area contributed by atoms with Crippen LogP contribution in [0.2, 0.25) is 5.02 Å². The highest BCUT2D eigenvalue weighted by atomic mass is 79.9. The molecular weight excluding hydrogens is 371 g/mol. The maximum absolute atomic E-state index is 6.63. The van der Waals surface area contributed by atoms with E-state index in [1.165, 1.54) is 5.56 Å². The molecule has 2 aromatic carbocycles. The zero-order valence-electron chi connectivity index (χ0n) is 12.2. The first kappa shape index (κ1) is 16.7. The molecule has 0 saturated carbocycles. The molecule has 2 rings (SSSR count). The Labute approximate surface area is 144 Å². The molecule has 0 spiro atoms. The lowest BCUT2D eigenvalue weighted by Gasteiger charge is -2.17. The zero-order chi connectivity index (χ0) is 15.6. The van der Waals surface area contributed by atoms with Crippen molar-refractivity contribution in [3.63, 3.8) is 0 Å². The minimum absolute atomic E-state index is 0.309. The quantitative estimate of drug-likeness (QED) is 0.539. The third kappa shape index (κ3) is 3.74. The Morgan fingerprint density at radius 3 is 2.14 bits per heavy atom. The smallest absolute Gasteiger partial charge is 0.138 e. The molecule has 0 aliphatic heterocycles. The van der Waals surface area contributed by atoms with Crippen molar-refractivity contribution in [2.45, 2.75) is 25.1 Å². The summed E-state index contributed by atoms with van der Waals surface area (Å²) in [5.74, 6) is 1.22. The Bertz CT molecular complexity index is 623. The van der Waals surface area contributed by atoms with Crippen LogP contribution in [0.5, 0.6) is 5.75 Å². The van der Waals surface area contributed by atoms with Gasteiger partial charge in [0.1, 0.15) is 5.75 Å². The molecule has 1 atom stereocenters. The van der Waals surface area contributed by atoms with Crippen molar-refractivity contribution in [2.24, 2.45) is 0 Å². The average molecular weight is 388 g/mol. The molecule has 1 nitrogen and oxygen atoms in total. The van der Waals surface area contributed by atoms with Crippen molar-refractivity contribution in [3.05, 3.63) is 62.6 Å². The van der Waals surface area contributed by atoms with Crippen molar-refractivity contribution in [3.8, 4) is 5.75 Å². The van der Waals surface area contributed by atoms with Crippen molar-refractivity contribution >= 4 is 39.1 Å². The monoisotopic (exact) mass is 386 g/mol. The summed E-state index contributed by atoms with van der Waals surface area (Å²) >= 11 is 16.2. The van der Waals surface area contributed by atoms with Gasteiger partial charge in [0.25, 0.3) is 0 Å². The van der Waals surface area contributed by atoms with Crippen molar-refractivity contribution in [2.75, 3.05) is 7.11 Å². The molecule has 1 unspecified atom stereocenters. The minimum atomic E-state index is -0.309. The van der Waals surface area contributed by atoms with Gasteiger partial charge in [0.15, 0.2) is 0 Å². The summed E-state index contributed by atoms with van der Waals surface area (Å²) in [6.45, 7) is 4.34. The van der Waals surface area contributed by atoms with Crippen LogP contribution in [-0.4, -0.2) is 7.11 Å². The molecule has 2 aromatic rings. The predicted octanol–water partition coefficient (Wildman–Crippen LogP) is 6.56. The summed E-state index contributed by atoms with van der Waals surface area (Å²) in [5.41, 5.74) is 3.17. The first-order valence-corrected chi connectivity index (χ1v) is 8.31. The van der Waals surface area contributed by atoms with Gasteiger partial charge in [-0.15, -0.1) is 11.6 Å². The molecule has 0 saturated heterocycles. The lowest BCUT2D eigenvalue weighted by molar-refractivity contribution is 0.407. The van der Waals surface area contributed by atoms with Gasteiger partial charge in [-0.25, -0.2) is 0 Å². The fraction of sp³-hybridized carbons (Fsp3) is 0.294. The molecule has 0 aliphatic carbocycles. The number of ether oxygens (including phenoxy) is 1. The normalized spacial score (nSPS) is 12.5. The van der Waals surface area contributed by atoms with Gasteiger partial charge in [0.2, 0.25) is 0 Å². The van der Waals surface area contributed by atoms with Gasteiger partial charge in [0.05, 0.1) is 17.0 Å². The SMILES string of the molecule is COc1c(Br)cc(Cl)cc1C(Cl)c1ccc(C(C)C)cc1. The Kier molecular flexibility index (Phi) is 5.59. The molecule has 0 aromatic heterocycles. The van der Waals surface area contributed by atoms with Crippen LogP contribution >= 0.6 is 39.1 Å². The van der Waals surface area contributed by atoms with Gasteiger partial charge in [-0.2, -0.15) is 0 Å². The second-order valence-corrected chi connectivity index (χ2v) is 6.92. The third-order valence-corrected chi connectivity index (χ3v) is 4.70. The lowest BCUT2D eigenvalue weighted by atomic mass is 9.98. The van der Waals surface area contributed by atoms with Gasteiger partial charge in [0, 0.05) is 10.6 Å². The number of alkyl halides is 1. The molecule has 4 heteroatoms. The number of hydrogen-bond donors (Lipinski definition) is 0. The highest BCUT2D eigenvalue weighted by Gasteiger charge is 2.19. The lowest BCUT2D eigenvalue weighted by Crippen LogP contribution is -1.99. The van der Waals surface area contributed by atoms with Crippen LogP contribution in [0.1, 0.15) is 41.8 Å². The number of methoxy groups -OCH3 is 1. The summed E-state index contributed by atoms with van der Waals surface area (Å²) in [7, 11) is 1.63. The first-order chi connectivity index (χ1) is 9.93. The molecule has 0 amide bonds. The van der Waals surface area contributed by atoms with Crippen LogP contribution < -0.4 is 4.74 Å². The van der Waals surface area contributed by atoms with Crippen LogP contribution in [0.4, 0.5) is 0 Å². The van der Waals surface area contributed by atoms with Crippen LogP contribution in [0.15, 0.2) is 40.9 Å². The fourth-order valence-corrected chi connectivity index (χ4v) is 3.52. The highest BCUT2D eigenvalue weighted by molar-refractivity contribution is 9.10. The molecule has 0 N–H and O–H groups in total. The summed E-state index contributed by atoms with van der Waals surface area (Å²) in [6.07, 6.45) is 0. The van der Waals surface area contributed by atoms with E-state index in [1.807, 2.05) is 6.07 Å². The summed E-state index contributed by atoms with van der Waals surface area (Å²) in [5, 5.41) is 0.318. The van der Waals surface area contributed by atoms with Crippen molar-refractivity contribution < 1.29 is 4.74 Å². The second kappa shape index (κ2) is 7.04. The Hall–Kier alpha value is -0.700. The number of halogens is 3. The average Bonchev–Trinajstić information content (AvgIpc) is 2.46. The fourth-order valence-electron chi connectivity index (χ4n) is 2.21. The molecular formula is C17H17BrCl2O. The largest absolute Gasteiger partial charge is 0.495 e. The minimum Gasteiger partial charge on any atom is -0.495 e. The molecule has 0 radical (unpaired) electrons. The Balaban J connectivity index is 2.41. The van der Waals surface area contributed by atoms with Gasteiger partial charge in [-0.3, -0.25) is 0 Å². The Morgan fingerprint density at radius 2 is 1.62 bits per heavy atom. The number of rotatable bonds is 4. The summed E-state index contributed by atoms with van der Waals surface area (Å²) in [6, 6.07) is 12.0. The maximum atomic E-state index is 6.63. The highest BCUT2D eigenvalue weighted by Crippen LogP contribution is 2.41. The van der Waals surface area contributed by atoms with E-state index in [1.54, 1.807) is 13.2 Å². The van der Waals surface area contributed by atoms with Crippen molar-refractivity contribution in [1.82, 2.24) is 0 Å². The Morgan fingerprint density at radius 1 is 1.05 bits per heavy atom. The van der Waals surface area contributed by atoms with E-state index in [2.05, 4.69) is 54.0 Å². The molecule has 0 heterocycles. The summed E-state index contributed by atoms with van der Waals surface area (Å²) < 4.78 is 6.25. The van der Waals surface area contributed by atoms with E-state index < -0.39 is 0 Å². The van der Waals surface area contributed by atoms with Gasteiger partial charge in [-0.05, 0) is 45.1 Å². The third-order valence-electron chi connectivity index (χ3n) is 3.41. The number of benzene rings is 2. The molecule has 112 valence electrons. The number of hydrogen-bond acceptors (Lipinski definition) is 1. The van der Waals surface area contributed by atoms with Crippen LogP contribution in [0.3, 0.4) is 0 Å². The van der Waals surface area contributed by atoms with Gasteiger partial charge in [-0.1, -0.05) is 49.7 Å². The molecule has 21 heavy (non-hydrogen) atoms. The summed E-state index contributed by atoms with van der Waals surface area (Å²) in [4.78, 5) is 0. The van der Waals surface area contributed by atoms with E-state index in [0.717, 1.165) is 15.6 Å². The molecule has 0 fully saturated rings. The maximum Gasteiger partial charge on any atom is 0.138 e. The zero-order valence-corrected chi connectivity index (χ0v) is 15.3. The topological polar surface area (TPSA) is 9.23 Å². The van der Waals surface area contributed by atoms with Crippen LogP contribution in [0, 0.1) is 0 Å². The second-order valence-electron chi connectivity index (χ2n) is 5.19. The van der Waals surface area contributed by atoms with Crippen molar-refractivity contribution in [1.29, 1.82) is 0 Å². The van der Waals surface area contributed by atoms with E-state index in [-0.39, 0.29) is 5.38 Å². The van der Waals surface area contributed by atoms with E-state index in [4.69, 9.17) is 27.9 Å². The van der Waals surface area contributed by atoms with E-state index >= 15 is 0 Å². The molecule has 0 bridgehead atoms. The van der Waals surface area contributed by atoms with Gasteiger partial charge < -0.3 is 4.74 Å². The van der Waals surface area contributed by atoms with E-state index in [9.17, 15) is 0 Å². The van der Waals surface area contributed by atoms with Crippen LogP contribution in [-0.2, 0) is 0 Å². The standard InChI is InChI=1S/C17H17BrCl2O/c1-10(2)11-4-6-12(7-5-11)16(20)14-8-13(19)9-15(18)17(14)21-3/h4-10,16H,1-3H3. The first-order valence-electron chi connectivity index (χ1n) is 6.71. The van der Waals surface area contributed by atoms with Crippen LogP contribution in [0.25, 0.3) is 0 Å². The van der Waals surface area contributed by atoms with Gasteiger partial charge >= 0.3 is 0 Å². The predicted molar refractivity (Wildman–Crippen MR) is 93.9 cm³/mol. The van der Waals surface area contributed by atoms with E-state index in [0.29, 0.717) is 16.7 Å². The molecule has 0 aliphatic rings.